The van der Waals surface area contributed by atoms with E-state index in [0.717, 1.165) is 0 Å². The van der Waals surface area contributed by atoms with E-state index in [-0.39, 0.29) is 5.75 Å². The molecule has 0 saturated heterocycles. The number of halogens is 1. The zero-order valence-corrected chi connectivity index (χ0v) is 12.8. The van der Waals surface area contributed by atoms with E-state index in [4.69, 9.17) is 16.3 Å². The molecule has 7 heteroatoms. The Morgan fingerprint density at radius 2 is 2.09 bits per heavy atom. The fourth-order valence-corrected chi connectivity index (χ4v) is 2.35. The van der Waals surface area contributed by atoms with Crippen molar-refractivity contribution in [1.82, 2.24) is 0 Å². The molecule has 0 aliphatic carbocycles. The van der Waals surface area contributed by atoms with Crippen LogP contribution in [0.3, 0.4) is 0 Å². The molecule has 0 saturated carbocycles. The van der Waals surface area contributed by atoms with E-state index in [9.17, 15) is 14.7 Å². The molecule has 3 N–H and O–H groups in total. The van der Waals surface area contributed by atoms with Crippen molar-refractivity contribution < 1.29 is 19.4 Å². The Bertz CT molecular complexity index is 808. The van der Waals surface area contributed by atoms with Crippen molar-refractivity contribution in [2.24, 2.45) is 0 Å². The lowest BCUT2D eigenvalue weighted by atomic mass is 10.0. The summed E-state index contributed by atoms with van der Waals surface area (Å²) >= 11 is 5.87. The number of amides is 2. The quantitative estimate of drug-likeness (QED) is 0.738. The maximum atomic E-state index is 12.5. The molecular formula is C16H13ClN2O4. The van der Waals surface area contributed by atoms with Gasteiger partial charge in [-0.05, 0) is 37.3 Å². The molecule has 1 unspecified atom stereocenters. The number of fused-ring (bicyclic) bond motifs is 1. The van der Waals surface area contributed by atoms with Gasteiger partial charge in [-0.1, -0.05) is 17.7 Å². The third kappa shape index (κ3) is 2.80. The van der Waals surface area contributed by atoms with E-state index < -0.39 is 17.4 Å². The van der Waals surface area contributed by atoms with Crippen LogP contribution >= 0.6 is 11.6 Å². The molecule has 0 spiro atoms. The summed E-state index contributed by atoms with van der Waals surface area (Å²) in [6, 6.07) is 10.7. The van der Waals surface area contributed by atoms with Crippen LogP contribution in [0.4, 0.5) is 11.4 Å². The summed E-state index contributed by atoms with van der Waals surface area (Å²) < 4.78 is 5.61. The average molecular weight is 333 g/mol. The van der Waals surface area contributed by atoms with Crippen LogP contribution in [0, 0.1) is 0 Å². The number of benzene rings is 2. The number of carbonyl (C=O) groups is 2. The van der Waals surface area contributed by atoms with Crippen LogP contribution in [0.2, 0.25) is 5.02 Å². The first kappa shape index (κ1) is 15.2. The van der Waals surface area contributed by atoms with Crippen molar-refractivity contribution in [3.05, 3.63) is 47.5 Å². The Labute approximate surface area is 137 Å². The van der Waals surface area contributed by atoms with Crippen LogP contribution in [0.15, 0.2) is 42.5 Å². The lowest BCUT2D eigenvalue weighted by molar-refractivity contribution is -0.143. The number of phenols is 1. The number of aromatic hydroxyl groups is 1. The Kier molecular flexibility index (Phi) is 3.61. The summed E-state index contributed by atoms with van der Waals surface area (Å²) in [5.74, 6) is -0.907. The molecule has 3 rings (SSSR count). The van der Waals surface area contributed by atoms with Gasteiger partial charge in [0.25, 0.3) is 17.4 Å². The summed E-state index contributed by atoms with van der Waals surface area (Å²) in [5, 5.41) is 15.0. The van der Waals surface area contributed by atoms with E-state index in [1.807, 2.05) is 0 Å². The fourth-order valence-electron chi connectivity index (χ4n) is 2.18. The van der Waals surface area contributed by atoms with Gasteiger partial charge in [0.2, 0.25) is 0 Å². The third-order valence-electron chi connectivity index (χ3n) is 3.47. The normalized spacial score (nSPS) is 19.3. The van der Waals surface area contributed by atoms with Crippen LogP contribution in [0.1, 0.15) is 6.92 Å². The van der Waals surface area contributed by atoms with Gasteiger partial charge in [-0.3, -0.25) is 9.59 Å². The second-order valence-electron chi connectivity index (χ2n) is 5.23. The number of phenolic OH excluding ortho intramolecular Hbond substituents is 1. The van der Waals surface area contributed by atoms with Gasteiger partial charge >= 0.3 is 0 Å². The number of hydrogen-bond donors (Lipinski definition) is 3. The highest BCUT2D eigenvalue weighted by molar-refractivity contribution is 6.31. The van der Waals surface area contributed by atoms with Gasteiger partial charge in [-0.25, -0.2) is 0 Å². The van der Waals surface area contributed by atoms with Crippen molar-refractivity contribution in [2.45, 2.75) is 12.5 Å². The minimum Gasteiger partial charge on any atom is -0.508 e. The molecule has 2 amide bonds. The smallest absolute Gasteiger partial charge is 0.278 e. The van der Waals surface area contributed by atoms with Crippen LogP contribution in [0.5, 0.6) is 11.5 Å². The van der Waals surface area contributed by atoms with E-state index in [2.05, 4.69) is 10.6 Å². The molecule has 2 aromatic carbocycles. The van der Waals surface area contributed by atoms with Gasteiger partial charge in [0.1, 0.15) is 11.5 Å². The maximum absolute atomic E-state index is 12.5. The standard InChI is InChI=1S/C16H13ClN2O4/c1-16(14(21)18-10-3-2-4-11(20)8-10)15(22)19-12-7-9(17)5-6-13(12)23-16/h2-8,20H,1H3,(H,18,21)(H,19,22). The number of nitrogens with one attached hydrogen (secondary N) is 2. The molecule has 1 atom stereocenters. The average Bonchev–Trinajstić information content (AvgIpc) is 2.49. The first-order chi connectivity index (χ1) is 10.9. The van der Waals surface area contributed by atoms with Crippen LogP contribution in [0.25, 0.3) is 0 Å². The summed E-state index contributed by atoms with van der Waals surface area (Å²) in [7, 11) is 0. The molecule has 0 fully saturated rings. The van der Waals surface area contributed by atoms with E-state index >= 15 is 0 Å². The van der Waals surface area contributed by atoms with Gasteiger partial charge in [-0.15, -0.1) is 0 Å². The summed E-state index contributed by atoms with van der Waals surface area (Å²) in [6.45, 7) is 1.37. The predicted octanol–water partition coefficient (Wildman–Crippen LogP) is 2.77. The summed E-state index contributed by atoms with van der Waals surface area (Å²) in [4.78, 5) is 24.8. The largest absolute Gasteiger partial charge is 0.508 e. The van der Waals surface area contributed by atoms with Crippen LogP contribution in [-0.2, 0) is 9.59 Å². The molecule has 1 heterocycles. The van der Waals surface area contributed by atoms with Crippen LogP contribution < -0.4 is 15.4 Å². The minimum absolute atomic E-state index is 0.00181. The second kappa shape index (κ2) is 5.48. The first-order valence-electron chi connectivity index (χ1n) is 6.79. The molecule has 1 aliphatic heterocycles. The van der Waals surface area contributed by atoms with Crippen molar-refractivity contribution in [2.75, 3.05) is 10.6 Å². The lowest BCUT2D eigenvalue weighted by Gasteiger charge is -2.33. The number of carbonyl (C=O) groups excluding carboxylic acids is 2. The van der Waals surface area contributed by atoms with E-state index in [1.54, 1.807) is 30.3 Å². The van der Waals surface area contributed by atoms with Gasteiger partial charge < -0.3 is 20.5 Å². The Hall–Kier alpha value is -2.73. The topological polar surface area (TPSA) is 87.7 Å². The number of anilines is 2. The highest BCUT2D eigenvalue weighted by atomic mass is 35.5. The summed E-state index contributed by atoms with van der Waals surface area (Å²) in [5.41, 5.74) is -0.980. The Balaban J connectivity index is 1.87. The van der Waals surface area contributed by atoms with Crippen molar-refractivity contribution in [3.8, 4) is 11.5 Å². The number of ether oxygens (including phenoxy) is 1. The molecule has 6 nitrogen and oxygen atoms in total. The minimum atomic E-state index is -1.74. The predicted molar refractivity (Wildman–Crippen MR) is 85.9 cm³/mol. The Morgan fingerprint density at radius 1 is 1.30 bits per heavy atom. The van der Waals surface area contributed by atoms with Crippen molar-refractivity contribution >= 4 is 34.8 Å². The van der Waals surface area contributed by atoms with E-state index in [0.29, 0.717) is 22.1 Å². The molecule has 0 bridgehead atoms. The molecular weight excluding hydrogens is 320 g/mol. The highest BCUT2D eigenvalue weighted by Crippen LogP contribution is 2.36. The molecule has 118 valence electrons. The van der Waals surface area contributed by atoms with Crippen LogP contribution in [-0.4, -0.2) is 22.5 Å². The third-order valence-corrected chi connectivity index (χ3v) is 3.71. The highest BCUT2D eigenvalue weighted by Gasteiger charge is 2.47. The molecule has 0 aromatic heterocycles. The van der Waals surface area contributed by atoms with Gasteiger partial charge in [0.15, 0.2) is 0 Å². The number of hydrogen-bond acceptors (Lipinski definition) is 4. The maximum Gasteiger partial charge on any atom is 0.278 e. The molecule has 1 aliphatic rings. The molecule has 0 radical (unpaired) electrons. The first-order valence-corrected chi connectivity index (χ1v) is 7.17. The monoisotopic (exact) mass is 332 g/mol. The van der Waals surface area contributed by atoms with E-state index in [1.165, 1.54) is 19.1 Å². The number of rotatable bonds is 2. The van der Waals surface area contributed by atoms with Gasteiger partial charge in [0, 0.05) is 16.8 Å². The molecule has 2 aromatic rings. The molecule has 23 heavy (non-hydrogen) atoms. The zero-order chi connectivity index (χ0) is 16.6. The van der Waals surface area contributed by atoms with Gasteiger partial charge in [0.05, 0.1) is 5.69 Å². The fraction of sp³-hybridized carbons (Fsp3) is 0.125. The Morgan fingerprint density at radius 3 is 2.83 bits per heavy atom. The van der Waals surface area contributed by atoms with Crippen molar-refractivity contribution in [3.63, 3.8) is 0 Å². The SMILES string of the molecule is CC1(C(=O)Nc2cccc(O)c2)Oc2ccc(Cl)cc2NC1=O. The van der Waals surface area contributed by atoms with Crippen molar-refractivity contribution in [1.29, 1.82) is 0 Å². The zero-order valence-electron chi connectivity index (χ0n) is 12.1. The lowest BCUT2D eigenvalue weighted by Crippen LogP contribution is -2.56. The van der Waals surface area contributed by atoms with Gasteiger partial charge in [-0.2, -0.15) is 0 Å². The summed E-state index contributed by atoms with van der Waals surface area (Å²) in [6.07, 6.45) is 0. The second-order valence-corrected chi connectivity index (χ2v) is 5.67.